The largest absolute Gasteiger partial charge is 0.491 e. The predicted molar refractivity (Wildman–Crippen MR) is 69.3 cm³/mol. The molecule has 0 bridgehead atoms. The summed E-state index contributed by atoms with van der Waals surface area (Å²) in [5.74, 6) is 0.0771. The Hall–Kier alpha value is -1.59. The van der Waals surface area contributed by atoms with Gasteiger partial charge >= 0.3 is 0 Å². The van der Waals surface area contributed by atoms with Crippen LogP contribution in [-0.4, -0.2) is 31.8 Å². The second-order valence-electron chi connectivity index (χ2n) is 4.46. The van der Waals surface area contributed by atoms with Crippen LogP contribution in [-0.2, 0) is 16.0 Å². The molecule has 1 aromatic rings. The zero-order valence-electron chi connectivity index (χ0n) is 10.8. The van der Waals surface area contributed by atoms with E-state index in [9.17, 15) is 4.79 Å². The van der Waals surface area contributed by atoms with Crippen molar-refractivity contribution in [1.29, 1.82) is 0 Å². The van der Waals surface area contributed by atoms with Gasteiger partial charge in [-0.2, -0.15) is 0 Å². The first kappa shape index (κ1) is 14.5. The van der Waals surface area contributed by atoms with Crippen molar-refractivity contribution in [3.05, 3.63) is 29.8 Å². The minimum atomic E-state index is -1.16. The zero-order valence-corrected chi connectivity index (χ0v) is 10.8. The summed E-state index contributed by atoms with van der Waals surface area (Å²) in [4.78, 5) is 11.0. The molecule has 18 heavy (non-hydrogen) atoms. The molecular weight excluding hydrogens is 232 g/mol. The Balaban J connectivity index is 2.51. The Morgan fingerprint density at radius 2 is 1.94 bits per heavy atom. The number of primary amides is 1. The van der Waals surface area contributed by atoms with Crippen molar-refractivity contribution in [3.8, 4) is 5.75 Å². The van der Waals surface area contributed by atoms with Gasteiger partial charge in [-0.15, -0.1) is 0 Å². The van der Waals surface area contributed by atoms with Gasteiger partial charge in [0, 0.05) is 7.11 Å². The van der Waals surface area contributed by atoms with Gasteiger partial charge in [0.1, 0.15) is 17.9 Å². The number of hydrogen-bond donors (Lipinski definition) is 2. The zero-order chi connectivity index (χ0) is 13.6. The standard InChI is InChI=1S/C13H20N2O3/c1-13(15,12(14)16)9-18-11-5-3-10(4-6-11)7-8-17-2/h3-6H,7-9,15H2,1-2H3,(H2,14,16). The molecule has 100 valence electrons. The lowest BCUT2D eigenvalue weighted by Gasteiger charge is -2.20. The maximum absolute atomic E-state index is 11.0. The van der Waals surface area contributed by atoms with Crippen LogP contribution < -0.4 is 16.2 Å². The molecule has 5 nitrogen and oxygen atoms in total. The molecule has 1 amide bonds. The number of carbonyl (C=O) groups is 1. The number of carbonyl (C=O) groups excluding carboxylic acids is 1. The number of nitrogens with two attached hydrogens (primary N) is 2. The van der Waals surface area contributed by atoms with E-state index in [1.165, 1.54) is 0 Å². The van der Waals surface area contributed by atoms with E-state index < -0.39 is 11.4 Å². The van der Waals surface area contributed by atoms with Gasteiger partial charge in [-0.3, -0.25) is 4.79 Å². The van der Waals surface area contributed by atoms with Crippen molar-refractivity contribution >= 4 is 5.91 Å². The molecule has 1 aromatic carbocycles. The molecule has 5 heteroatoms. The Kier molecular flexibility index (Phi) is 5.12. The average molecular weight is 252 g/mol. The Bertz CT molecular complexity index is 388. The van der Waals surface area contributed by atoms with Crippen molar-refractivity contribution < 1.29 is 14.3 Å². The highest BCUT2D eigenvalue weighted by Gasteiger charge is 2.26. The van der Waals surface area contributed by atoms with E-state index in [1.54, 1.807) is 14.0 Å². The van der Waals surface area contributed by atoms with Gasteiger partial charge in [-0.25, -0.2) is 0 Å². The van der Waals surface area contributed by atoms with Gasteiger partial charge in [-0.05, 0) is 31.0 Å². The molecular formula is C13H20N2O3. The number of hydrogen-bond acceptors (Lipinski definition) is 4. The molecule has 4 N–H and O–H groups in total. The van der Waals surface area contributed by atoms with Crippen LogP contribution in [0.3, 0.4) is 0 Å². The fourth-order valence-electron chi connectivity index (χ4n) is 1.28. The SMILES string of the molecule is COCCc1ccc(OCC(C)(N)C(N)=O)cc1. The third kappa shape index (κ3) is 4.35. The maximum Gasteiger partial charge on any atom is 0.240 e. The first-order chi connectivity index (χ1) is 8.45. The van der Waals surface area contributed by atoms with Crippen LogP contribution in [0, 0.1) is 0 Å². The molecule has 0 aliphatic carbocycles. The van der Waals surface area contributed by atoms with Gasteiger partial charge in [0.2, 0.25) is 5.91 Å². The van der Waals surface area contributed by atoms with Crippen LogP contribution in [0.25, 0.3) is 0 Å². The Morgan fingerprint density at radius 1 is 1.33 bits per heavy atom. The summed E-state index contributed by atoms with van der Waals surface area (Å²) >= 11 is 0. The minimum Gasteiger partial charge on any atom is -0.491 e. The highest BCUT2D eigenvalue weighted by atomic mass is 16.5. The fraction of sp³-hybridized carbons (Fsp3) is 0.462. The van der Waals surface area contributed by atoms with Gasteiger partial charge in [0.05, 0.1) is 6.61 Å². The smallest absolute Gasteiger partial charge is 0.240 e. The third-order valence-corrected chi connectivity index (χ3v) is 2.62. The Labute approximate surface area is 107 Å². The normalized spacial score (nSPS) is 13.9. The molecule has 0 saturated heterocycles. The van der Waals surface area contributed by atoms with Crippen LogP contribution in [0.1, 0.15) is 12.5 Å². The first-order valence-corrected chi connectivity index (χ1v) is 5.75. The van der Waals surface area contributed by atoms with Crippen LogP contribution >= 0.6 is 0 Å². The lowest BCUT2D eigenvalue weighted by molar-refractivity contribution is -0.123. The molecule has 0 fully saturated rings. The maximum atomic E-state index is 11.0. The van der Waals surface area contributed by atoms with Crippen molar-refractivity contribution in [2.45, 2.75) is 18.9 Å². The molecule has 0 radical (unpaired) electrons. The molecule has 1 unspecified atom stereocenters. The second-order valence-corrected chi connectivity index (χ2v) is 4.46. The summed E-state index contributed by atoms with van der Waals surface area (Å²) in [6.07, 6.45) is 0.854. The third-order valence-electron chi connectivity index (χ3n) is 2.62. The van der Waals surface area contributed by atoms with Crippen LogP contribution in [0.15, 0.2) is 24.3 Å². The molecule has 1 atom stereocenters. The molecule has 0 aliphatic heterocycles. The van der Waals surface area contributed by atoms with Crippen LogP contribution in [0.5, 0.6) is 5.75 Å². The van der Waals surface area contributed by atoms with Crippen LogP contribution in [0.4, 0.5) is 0 Å². The summed E-state index contributed by atoms with van der Waals surface area (Å²) in [5, 5.41) is 0. The van der Waals surface area contributed by atoms with Crippen LogP contribution in [0.2, 0.25) is 0 Å². The van der Waals surface area contributed by atoms with E-state index >= 15 is 0 Å². The quantitative estimate of drug-likeness (QED) is 0.738. The highest BCUT2D eigenvalue weighted by Crippen LogP contribution is 2.14. The lowest BCUT2D eigenvalue weighted by atomic mass is 10.1. The number of benzene rings is 1. The monoisotopic (exact) mass is 252 g/mol. The number of ether oxygens (including phenoxy) is 2. The van der Waals surface area contributed by atoms with E-state index in [-0.39, 0.29) is 6.61 Å². The van der Waals surface area contributed by atoms with Crippen molar-refractivity contribution in [2.75, 3.05) is 20.3 Å². The Morgan fingerprint density at radius 3 is 2.44 bits per heavy atom. The summed E-state index contributed by atoms with van der Waals surface area (Å²) in [5.41, 5.74) is 10.8. The van der Waals surface area contributed by atoms with Gasteiger partial charge < -0.3 is 20.9 Å². The number of rotatable bonds is 7. The highest BCUT2D eigenvalue weighted by molar-refractivity contribution is 5.84. The summed E-state index contributed by atoms with van der Waals surface area (Å²) < 4.78 is 10.4. The average Bonchev–Trinajstić information content (AvgIpc) is 2.35. The lowest BCUT2D eigenvalue weighted by Crippen LogP contribution is -2.53. The summed E-state index contributed by atoms with van der Waals surface area (Å²) in [7, 11) is 1.67. The fourth-order valence-corrected chi connectivity index (χ4v) is 1.28. The molecule has 0 heterocycles. The van der Waals surface area contributed by atoms with Crippen molar-refractivity contribution in [2.24, 2.45) is 11.5 Å². The molecule has 1 rings (SSSR count). The van der Waals surface area contributed by atoms with E-state index in [0.29, 0.717) is 12.4 Å². The molecule has 0 aliphatic rings. The topological polar surface area (TPSA) is 87.6 Å². The minimum absolute atomic E-state index is 0.0553. The van der Waals surface area contributed by atoms with E-state index in [0.717, 1.165) is 12.0 Å². The summed E-state index contributed by atoms with van der Waals surface area (Å²) in [6, 6.07) is 7.57. The van der Waals surface area contributed by atoms with Crippen molar-refractivity contribution in [1.82, 2.24) is 0 Å². The second kappa shape index (κ2) is 6.37. The van der Waals surface area contributed by atoms with E-state index in [1.807, 2.05) is 24.3 Å². The van der Waals surface area contributed by atoms with Gasteiger partial charge in [-0.1, -0.05) is 12.1 Å². The van der Waals surface area contributed by atoms with Gasteiger partial charge in [0.15, 0.2) is 0 Å². The number of methoxy groups -OCH3 is 1. The molecule has 0 saturated carbocycles. The van der Waals surface area contributed by atoms with Crippen molar-refractivity contribution in [3.63, 3.8) is 0 Å². The van der Waals surface area contributed by atoms with E-state index in [2.05, 4.69) is 0 Å². The van der Waals surface area contributed by atoms with E-state index in [4.69, 9.17) is 20.9 Å². The molecule has 0 spiro atoms. The van der Waals surface area contributed by atoms with Gasteiger partial charge in [0.25, 0.3) is 0 Å². The summed E-state index contributed by atoms with van der Waals surface area (Å²) in [6.45, 7) is 2.28. The predicted octanol–water partition coefficient (Wildman–Crippen LogP) is 0.457. The first-order valence-electron chi connectivity index (χ1n) is 5.75. The molecule has 0 aromatic heterocycles. The number of amides is 1.